The van der Waals surface area contributed by atoms with Crippen molar-refractivity contribution in [1.29, 1.82) is 0 Å². The minimum atomic E-state index is 0.633. The van der Waals surface area contributed by atoms with Gasteiger partial charge in [-0.2, -0.15) is 0 Å². The van der Waals surface area contributed by atoms with Crippen LogP contribution in [0.1, 0.15) is 32.3 Å². The van der Waals surface area contributed by atoms with E-state index in [1.807, 2.05) is 18.2 Å². The number of ether oxygens (including phenoxy) is 1. The lowest BCUT2D eigenvalue weighted by Gasteiger charge is -2.08. The predicted octanol–water partition coefficient (Wildman–Crippen LogP) is 6.54. The number of methoxy groups -OCH3 is 1. The predicted molar refractivity (Wildman–Crippen MR) is 109 cm³/mol. The van der Waals surface area contributed by atoms with Crippen molar-refractivity contribution in [3.05, 3.63) is 72.3 Å². The lowest BCUT2D eigenvalue weighted by molar-refractivity contribution is 0.398. The Morgan fingerprint density at radius 2 is 1.50 bits per heavy atom. The van der Waals surface area contributed by atoms with Crippen LogP contribution in [0.25, 0.3) is 22.4 Å². The molecule has 4 rings (SSSR count). The highest BCUT2D eigenvalue weighted by atomic mass is 16.5. The maximum absolute atomic E-state index is 5.20. The zero-order valence-electron chi connectivity index (χ0n) is 16.1. The fourth-order valence-corrected chi connectivity index (χ4v) is 2.68. The van der Waals surface area contributed by atoms with Gasteiger partial charge in [0.25, 0.3) is 0 Å². The molecular formula is C24H27NO. The maximum atomic E-state index is 5.20. The largest absolute Gasteiger partial charge is 0.481 e. The molecule has 1 fully saturated rings. The molecule has 0 unspecified atom stereocenters. The van der Waals surface area contributed by atoms with Gasteiger partial charge in [-0.25, -0.2) is 4.98 Å². The number of rotatable bonds is 3. The van der Waals surface area contributed by atoms with Crippen LogP contribution >= 0.6 is 0 Å². The first-order valence-corrected chi connectivity index (χ1v) is 9.16. The van der Waals surface area contributed by atoms with Gasteiger partial charge in [0.15, 0.2) is 0 Å². The summed E-state index contributed by atoms with van der Waals surface area (Å²) < 4.78 is 5.20. The van der Waals surface area contributed by atoms with E-state index in [9.17, 15) is 0 Å². The van der Waals surface area contributed by atoms with Crippen molar-refractivity contribution >= 4 is 0 Å². The normalized spacial score (nSPS) is 14.2. The molecule has 3 aromatic rings. The van der Waals surface area contributed by atoms with Crippen molar-refractivity contribution in [2.45, 2.75) is 33.6 Å². The van der Waals surface area contributed by atoms with Crippen LogP contribution in [0, 0.1) is 12.3 Å². The average Bonchev–Trinajstić information content (AvgIpc) is 3.37. The van der Waals surface area contributed by atoms with Crippen molar-refractivity contribution in [2.75, 3.05) is 7.11 Å². The van der Waals surface area contributed by atoms with E-state index in [2.05, 4.69) is 74.3 Å². The molecule has 0 saturated heterocycles. The highest BCUT2D eigenvalue weighted by molar-refractivity contribution is 5.73. The third kappa shape index (κ3) is 4.72. The third-order valence-corrected chi connectivity index (χ3v) is 4.80. The topological polar surface area (TPSA) is 22.1 Å². The number of nitrogens with zero attached hydrogens (tertiary/aromatic N) is 1. The second-order valence-electron chi connectivity index (χ2n) is 7.63. The second-order valence-corrected chi connectivity index (χ2v) is 7.63. The highest BCUT2D eigenvalue weighted by Gasteiger charge is 2.30. The Labute approximate surface area is 156 Å². The first-order chi connectivity index (χ1) is 12.5. The number of aryl methyl sites for hydroxylation is 1. The van der Waals surface area contributed by atoms with Crippen molar-refractivity contribution in [2.24, 2.45) is 5.41 Å². The van der Waals surface area contributed by atoms with Gasteiger partial charge in [-0.15, -0.1) is 0 Å². The first-order valence-electron chi connectivity index (χ1n) is 9.16. The molecule has 1 aliphatic rings. The van der Waals surface area contributed by atoms with Gasteiger partial charge >= 0.3 is 0 Å². The Morgan fingerprint density at radius 1 is 0.846 bits per heavy atom. The fraction of sp³-hybridized carbons (Fsp3) is 0.292. The Hall–Kier alpha value is -2.61. The third-order valence-electron chi connectivity index (χ3n) is 4.80. The molecular weight excluding hydrogens is 318 g/mol. The first kappa shape index (κ1) is 18.2. The molecule has 0 radical (unpaired) electrons. The zero-order chi connectivity index (χ0) is 18.6. The molecule has 2 nitrogen and oxygen atoms in total. The van der Waals surface area contributed by atoms with Gasteiger partial charge in [0.05, 0.1) is 12.8 Å². The molecule has 0 N–H and O–H groups in total. The van der Waals surface area contributed by atoms with Crippen molar-refractivity contribution in [1.82, 2.24) is 4.98 Å². The zero-order valence-corrected chi connectivity index (χ0v) is 16.1. The number of hydrogen-bond acceptors (Lipinski definition) is 2. The molecule has 0 amide bonds. The van der Waals surface area contributed by atoms with Crippen LogP contribution < -0.4 is 4.74 Å². The maximum Gasteiger partial charge on any atom is 0.213 e. The van der Waals surface area contributed by atoms with Crippen molar-refractivity contribution in [3.8, 4) is 28.3 Å². The number of hydrogen-bond donors (Lipinski definition) is 0. The van der Waals surface area contributed by atoms with Crippen LogP contribution in [0.4, 0.5) is 0 Å². The molecule has 1 saturated carbocycles. The summed E-state index contributed by atoms with van der Waals surface area (Å²) >= 11 is 0. The van der Waals surface area contributed by atoms with Gasteiger partial charge in [-0.05, 0) is 54.0 Å². The van der Waals surface area contributed by atoms with Crippen LogP contribution in [-0.4, -0.2) is 12.1 Å². The molecule has 1 aromatic heterocycles. The van der Waals surface area contributed by atoms with E-state index in [1.165, 1.54) is 29.5 Å². The summed E-state index contributed by atoms with van der Waals surface area (Å²) in [7, 11) is 1.63. The molecule has 0 aliphatic heterocycles. The van der Waals surface area contributed by atoms with Crippen LogP contribution in [0.15, 0.2) is 66.7 Å². The minimum Gasteiger partial charge on any atom is -0.481 e. The molecule has 0 bridgehead atoms. The van der Waals surface area contributed by atoms with Crippen LogP contribution in [0.3, 0.4) is 0 Å². The number of aromatic nitrogens is 1. The standard InChI is InChI=1S/C19H17NO.C5H10/c1-14-7-3-4-10-17(14)15-8-5-9-16(13-15)18-11-6-12-19(20-18)21-2;1-5(2)3-4-5/h3-13H,1-2H3;3-4H2,1-2H3. The minimum absolute atomic E-state index is 0.633. The highest BCUT2D eigenvalue weighted by Crippen LogP contribution is 2.43. The van der Waals surface area contributed by atoms with Crippen molar-refractivity contribution < 1.29 is 4.74 Å². The van der Waals surface area contributed by atoms with E-state index in [0.29, 0.717) is 5.88 Å². The van der Waals surface area contributed by atoms with Crippen molar-refractivity contribution in [3.63, 3.8) is 0 Å². The molecule has 2 aromatic carbocycles. The van der Waals surface area contributed by atoms with Gasteiger partial charge in [0, 0.05) is 11.6 Å². The second kappa shape index (κ2) is 7.74. The number of pyridine rings is 1. The summed E-state index contributed by atoms with van der Waals surface area (Å²) in [6.07, 6.45) is 2.90. The molecule has 2 heteroatoms. The Morgan fingerprint density at radius 3 is 2.15 bits per heavy atom. The van der Waals surface area contributed by atoms with Gasteiger partial charge in [-0.3, -0.25) is 0 Å². The van der Waals surface area contributed by atoms with Gasteiger partial charge in [0.2, 0.25) is 5.88 Å². The molecule has 1 aliphatic carbocycles. The van der Waals surface area contributed by atoms with E-state index in [4.69, 9.17) is 4.74 Å². The molecule has 0 spiro atoms. The van der Waals surface area contributed by atoms with E-state index in [-0.39, 0.29) is 0 Å². The monoisotopic (exact) mass is 345 g/mol. The van der Waals surface area contributed by atoms with Crippen LogP contribution in [0.5, 0.6) is 5.88 Å². The lowest BCUT2D eigenvalue weighted by atomic mass is 9.98. The Bertz CT molecular complexity index is 877. The van der Waals surface area contributed by atoms with Gasteiger partial charge in [0.1, 0.15) is 0 Å². The lowest BCUT2D eigenvalue weighted by Crippen LogP contribution is -1.90. The van der Waals surface area contributed by atoms with E-state index < -0.39 is 0 Å². The summed E-state index contributed by atoms with van der Waals surface area (Å²) in [5, 5.41) is 0. The number of benzene rings is 2. The summed E-state index contributed by atoms with van der Waals surface area (Å²) in [6.45, 7) is 6.73. The molecule has 1 heterocycles. The van der Waals surface area contributed by atoms with E-state index >= 15 is 0 Å². The summed E-state index contributed by atoms with van der Waals surface area (Å²) in [5.41, 5.74) is 6.49. The summed E-state index contributed by atoms with van der Waals surface area (Å²) in [6, 6.07) is 22.7. The smallest absolute Gasteiger partial charge is 0.213 e. The van der Waals surface area contributed by atoms with E-state index in [1.54, 1.807) is 7.11 Å². The summed E-state index contributed by atoms with van der Waals surface area (Å²) in [4.78, 5) is 4.50. The molecule has 26 heavy (non-hydrogen) atoms. The van der Waals surface area contributed by atoms with E-state index in [0.717, 1.165) is 16.7 Å². The van der Waals surface area contributed by atoms with Gasteiger partial charge < -0.3 is 4.74 Å². The van der Waals surface area contributed by atoms with Crippen LogP contribution in [0.2, 0.25) is 0 Å². The summed E-state index contributed by atoms with van der Waals surface area (Å²) in [5.74, 6) is 0.633. The quantitative estimate of drug-likeness (QED) is 0.538. The fourth-order valence-electron chi connectivity index (χ4n) is 2.68. The SMILES string of the molecule is CC1(C)CC1.COc1cccc(-c2cccc(-c3ccccc3C)c2)n1. The molecule has 134 valence electrons. The molecule has 0 atom stereocenters. The van der Waals surface area contributed by atoms with Gasteiger partial charge in [-0.1, -0.05) is 62.4 Å². The van der Waals surface area contributed by atoms with Crippen LogP contribution in [-0.2, 0) is 0 Å². The average molecular weight is 345 g/mol. The Kier molecular flexibility index (Phi) is 5.41. The Balaban J connectivity index is 0.000000339.